The second-order valence-corrected chi connectivity index (χ2v) is 7.50. The van der Waals surface area contributed by atoms with Crippen LogP contribution in [0.15, 0.2) is 21.9 Å². The van der Waals surface area contributed by atoms with E-state index in [-0.39, 0.29) is 11.2 Å². The van der Waals surface area contributed by atoms with Gasteiger partial charge >= 0.3 is 5.69 Å². The van der Waals surface area contributed by atoms with Gasteiger partial charge in [0.25, 0.3) is 5.56 Å². The Bertz CT molecular complexity index is 672. The van der Waals surface area contributed by atoms with E-state index >= 15 is 0 Å². The van der Waals surface area contributed by atoms with Crippen LogP contribution in [0.4, 0.5) is 0 Å². The van der Waals surface area contributed by atoms with Crippen LogP contribution in [0.25, 0.3) is 0 Å². The first-order chi connectivity index (χ1) is 10.3. The summed E-state index contributed by atoms with van der Waals surface area (Å²) in [5.74, 6) is -0.603. The van der Waals surface area contributed by atoms with Gasteiger partial charge in [-0.1, -0.05) is 13.8 Å². The van der Waals surface area contributed by atoms with E-state index in [1.54, 1.807) is 0 Å². The zero-order chi connectivity index (χ0) is 16.1. The Morgan fingerprint density at radius 1 is 1.50 bits per heavy atom. The van der Waals surface area contributed by atoms with E-state index in [2.05, 4.69) is 4.98 Å². The molecular formula is C14H20N2O5S. The smallest absolute Gasteiger partial charge is 0.329 e. The molecule has 2 aliphatic rings. The van der Waals surface area contributed by atoms with Crippen molar-refractivity contribution < 1.29 is 14.6 Å². The Labute approximate surface area is 131 Å². The maximum atomic E-state index is 11.9. The van der Waals surface area contributed by atoms with Gasteiger partial charge in [0.05, 0.1) is 11.9 Å². The Balaban J connectivity index is 1.87. The summed E-state index contributed by atoms with van der Waals surface area (Å²) >= 11 is 1.43. The van der Waals surface area contributed by atoms with E-state index < -0.39 is 34.6 Å². The number of fused-ring (bicyclic) bond motifs is 1. The molecule has 2 saturated heterocycles. The van der Waals surface area contributed by atoms with Crippen LogP contribution in [0, 0.1) is 5.92 Å². The molecule has 5 atom stereocenters. The lowest BCUT2D eigenvalue weighted by Crippen LogP contribution is -2.53. The van der Waals surface area contributed by atoms with Crippen LogP contribution in [0.1, 0.15) is 26.1 Å². The fourth-order valence-electron chi connectivity index (χ4n) is 2.71. The van der Waals surface area contributed by atoms with Crippen LogP contribution in [0.5, 0.6) is 0 Å². The highest BCUT2D eigenvalue weighted by Crippen LogP contribution is 2.47. The average Bonchev–Trinajstić information content (AvgIpc) is 2.76. The molecule has 3 rings (SSSR count). The number of aromatic amines is 1. The molecule has 22 heavy (non-hydrogen) atoms. The van der Waals surface area contributed by atoms with Gasteiger partial charge in [-0.3, -0.25) is 14.3 Å². The molecule has 0 saturated carbocycles. The maximum Gasteiger partial charge on any atom is 0.329 e. The Kier molecular flexibility index (Phi) is 3.96. The number of rotatable bonds is 2. The normalized spacial score (nSPS) is 38.2. The number of aliphatic hydroxyl groups excluding tert-OH is 1. The minimum Gasteiger partial charge on any atom is -0.387 e. The first-order valence-corrected chi connectivity index (χ1v) is 8.23. The summed E-state index contributed by atoms with van der Waals surface area (Å²) in [7, 11) is 0. The highest BCUT2D eigenvalue weighted by molar-refractivity contribution is 8.00. The molecule has 2 aliphatic heterocycles. The molecule has 0 bridgehead atoms. The van der Waals surface area contributed by atoms with Crippen molar-refractivity contribution in [2.45, 2.75) is 49.4 Å². The lowest BCUT2D eigenvalue weighted by Gasteiger charge is -2.43. The highest BCUT2D eigenvalue weighted by atomic mass is 32.2. The molecule has 1 aromatic heterocycles. The van der Waals surface area contributed by atoms with Crippen molar-refractivity contribution in [1.29, 1.82) is 0 Å². The number of ether oxygens (including phenoxy) is 2. The van der Waals surface area contributed by atoms with Crippen LogP contribution in [0.3, 0.4) is 0 Å². The summed E-state index contributed by atoms with van der Waals surface area (Å²) < 4.78 is 13.2. The standard InChI is InChI=1S/C14H20N2O5S/c1-7(2)14(3)20-6-8-11(21-14)10(18)12(22-8)16-5-4-9(17)15-13(16)19/h4-5,7-8,10-12,18H,6H2,1-3H3,(H,15,17,19)/t8-,10+,11-,12-,14?/m1/s1. The molecule has 8 heteroatoms. The number of aliphatic hydroxyl groups is 1. The van der Waals surface area contributed by atoms with Gasteiger partial charge < -0.3 is 14.6 Å². The zero-order valence-corrected chi connectivity index (χ0v) is 13.5. The van der Waals surface area contributed by atoms with Crippen molar-refractivity contribution >= 4 is 11.8 Å². The van der Waals surface area contributed by atoms with Gasteiger partial charge in [-0.2, -0.15) is 0 Å². The molecule has 1 aromatic rings. The molecule has 0 aromatic carbocycles. The second-order valence-electron chi connectivity index (χ2n) is 6.14. The molecule has 0 radical (unpaired) electrons. The molecule has 0 aliphatic carbocycles. The first-order valence-electron chi connectivity index (χ1n) is 7.28. The number of thioether (sulfide) groups is 1. The molecule has 2 N–H and O–H groups in total. The Hall–Kier alpha value is -1.09. The minimum absolute atomic E-state index is 0.0503. The van der Waals surface area contributed by atoms with Gasteiger partial charge in [0, 0.05) is 18.2 Å². The summed E-state index contributed by atoms with van der Waals surface area (Å²) in [4.78, 5) is 25.3. The van der Waals surface area contributed by atoms with Crippen molar-refractivity contribution in [2.75, 3.05) is 6.61 Å². The predicted molar refractivity (Wildman–Crippen MR) is 81.8 cm³/mol. The van der Waals surface area contributed by atoms with Gasteiger partial charge in [-0.15, -0.1) is 11.8 Å². The third-order valence-corrected chi connectivity index (χ3v) is 5.93. The quantitative estimate of drug-likeness (QED) is 0.811. The van der Waals surface area contributed by atoms with E-state index in [4.69, 9.17) is 9.47 Å². The van der Waals surface area contributed by atoms with Gasteiger partial charge in [-0.05, 0) is 6.92 Å². The van der Waals surface area contributed by atoms with Gasteiger partial charge in [0.15, 0.2) is 5.79 Å². The average molecular weight is 328 g/mol. The number of aromatic nitrogens is 2. The molecular weight excluding hydrogens is 308 g/mol. The molecule has 1 unspecified atom stereocenters. The van der Waals surface area contributed by atoms with Crippen molar-refractivity contribution in [3.63, 3.8) is 0 Å². The fourth-order valence-corrected chi connectivity index (χ4v) is 4.20. The van der Waals surface area contributed by atoms with Crippen molar-refractivity contribution in [3.8, 4) is 0 Å². The minimum atomic E-state index is -0.847. The van der Waals surface area contributed by atoms with Gasteiger partial charge in [0.1, 0.15) is 17.6 Å². The number of nitrogens with zero attached hydrogens (tertiary/aromatic N) is 1. The Morgan fingerprint density at radius 3 is 2.86 bits per heavy atom. The molecule has 7 nitrogen and oxygen atoms in total. The largest absolute Gasteiger partial charge is 0.387 e. The predicted octanol–water partition coefficient (Wildman–Crippen LogP) is 0.299. The third-order valence-electron chi connectivity index (χ3n) is 4.39. The topological polar surface area (TPSA) is 93.6 Å². The summed E-state index contributed by atoms with van der Waals surface area (Å²) in [6.07, 6.45) is 0.151. The van der Waals surface area contributed by atoms with Crippen LogP contribution in [-0.4, -0.2) is 44.5 Å². The highest BCUT2D eigenvalue weighted by Gasteiger charge is 2.52. The SMILES string of the molecule is CC(C)C1(C)OC[C@H]2S[C@@H](n3ccc(=O)[nH]c3=O)[C@@H](O)[C@@H]2O1. The van der Waals surface area contributed by atoms with E-state index in [9.17, 15) is 14.7 Å². The lowest BCUT2D eigenvalue weighted by molar-refractivity contribution is -0.311. The summed E-state index contributed by atoms with van der Waals surface area (Å²) in [6, 6.07) is 1.27. The molecule has 0 spiro atoms. The number of H-pyrrole nitrogens is 1. The van der Waals surface area contributed by atoms with E-state index in [0.29, 0.717) is 6.61 Å². The molecule has 2 fully saturated rings. The molecule has 0 amide bonds. The van der Waals surface area contributed by atoms with Crippen molar-refractivity contribution in [1.82, 2.24) is 9.55 Å². The van der Waals surface area contributed by atoms with Crippen molar-refractivity contribution in [2.24, 2.45) is 5.92 Å². The van der Waals surface area contributed by atoms with Crippen molar-refractivity contribution in [3.05, 3.63) is 33.1 Å². The van der Waals surface area contributed by atoms with Crippen LogP contribution < -0.4 is 11.2 Å². The summed E-state index contributed by atoms with van der Waals surface area (Å²) in [6.45, 7) is 6.32. The third kappa shape index (κ3) is 2.54. The van der Waals surface area contributed by atoms with E-state index in [1.807, 2.05) is 20.8 Å². The van der Waals surface area contributed by atoms with E-state index in [0.717, 1.165) is 0 Å². The van der Waals surface area contributed by atoms with E-state index in [1.165, 1.54) is 28.6 Å². The fraction of sp³-hybridized carbons (Fsp3) is 0.714. The number of nitrogens with one attached hydrogen (secondary N) is 1. The summed E-state index contributed by atoms with van der Waals surface area (Å²) in [5.41, 5.74) is -0.988. The summed E-state index contributed by atoms with van der Waals surface area (Å²) in [5, 5.41) is 10.0. The molecule has 122 valence electrons. The first kappa shape index (κ1) is 15.8. The van der Waals surface area contributed by atoms with Gasteiger partial charge in [-0.25, -0.2) is 4.79 Å². The number of hydrogen-bond acceptors (Lipinski definition) is 6. The second kappa shape index (κ2) is 5.52. The zero-order valence-electron chi connectivity index (χ0n) is 12.7. The lowest BCUT2D eigenvalue weighted by atomic mass is 10.0. The van der Waals surface area contributed by atoms with Crippen LogP contribution in [-0.2, 0) is 9.47 Å². The van der Waals surface area contributed by atoms with Crippen LogP contribution in [0.2, 0.25) is 0 Å². The van der Waals surface area contributed by atoms with Crippen LogP contribution >= 0.6 is 11.8 Å². The monoisotopic (exact) mass is 328 g/mol. The Morgan fingerprint density at radius 2 is 2.23 bits per heavy atom. The number of hydrogen-bond donors (Lipinski definition) is 2. The van der Waals surface area contributed by atoms with Gasteiger partial charge in [0.2, 0.25) is 0 Å². The molecule has 3 heterocycles. The maximum absolute atomic E-state index is 11.9.